The molecule has 0 aliphatic carbocycles. The highest BCUT2D eigenvalue weighted by Crippen LogP contribution is 2.21. The standard InChI is InChI=1S/C19H22N2O2S/c1-13-5-10-17(11-14(13)2)24-12-18(22)20-16-8-6-15(7-9-16)19(23)21(3)4/h5-11H,12H2,1-4H3,(H,20,22). The lowest BCUT2D eigenvalue weighted by Gasteiger charge is -2.11. The summed E-state index contributed by atoms with van der Waals surface area (Å²) >= 11 is 1.51. The van der Waals surface area contributed by atoms with E-state index in [0.717, 1.165) is 4.90 Å². The van der Waals surface area contributed by atoms with Crippen LogP contribution in [-0.2, 0) is 4.79 Å². The van der Waals surface area contributed by atoms with Gasteiger partial charge < -0.3 is 10.2 Å². The van der Waals surface area contributed by atoms with Gasteiger partial charge in [-0.25, -0.2) is 0 Å². The summed E-state index contributed by atoms with van der Waals surface area (Å²) in [7, 11) is 3.42. The van der Waals surface area contributed by atoms with E-state index in [4.69, 9.17) is 0 Å². The van der Waals surface area contributed by atoms with E-state index >= 15 is 0 Å². The van der Waals surface area contributed by atoms with Crippen molar-refractivity contribution in [2.24, 2.45) is 0 Å². The van der Waals surface area contributed by atoms with Gasteiger partial charge in [0.2, 0.25) is 5.91 Å². The number of rotatable bonds is 5. The Balaban J connectivity index is 1.90. The van der Waals surface area contributed by atoms with Crippen LogP contribution < -0.4 is 5.32 Å². The molecule has 0 aliphatic heterocycles. The molecule has 4 nitrogen and oxygen atoms in total. The van der Waals surface area contributed by atoms with Gasteiger partial charge in [0.05, 0.1) is 5.75 Å². The fourth-order valence-electron chi connectivity index (χ4n) is 2.10. The Morgan fingerprint density at radius 2 is 1.67 bits per heavy atom. The minimum atomic E-state index is -0.0649. The van der Waals surface area contributed by atoms with Gasteiger partial charge in [0, 0.05) is 30.2 Å². The van der Waals surface area contributed by atoms with Crippen molar-refractivity contribution in [2.45, 2.75) is 18.7 Å². The molecule has 126 valence electrons. The zero-order valence-electron chi connectivity index (χ0n) is 14.4. The maximum Gasteiger partial charge on any atom is 0.253 e. The van der Waals surface area contributed by atoms with E-state index in [0.29, 0.717) is 17.0 Å². The van der Waals surface area contributed by atoms with Crippen molar-refractivity contribution in [3.63, 3.8) is 0 Å². The molecule has 24 heavy (non-hydrogen) atoms. The third kappa shape index (κ3) is 4.86. The second kappa shape index (κ2) is 8.02. The van der Waals surface area contributed by atoms with Crippen molar-refractivity contribution in [2.75, 3.05) is 25.2 Å². The Kier molecular flexibility index (Phi) is 6.04. The van der Waals surface area contributed by atoms with Crippen LogP contribution in [0, 0.1) is 13.8 Å². The number of nitrogens with one attached hydrogen (secondary N) is 1. The summed E-state index contributed by atoms with van der Waals surface area (Å²) in [5, 5.41) is 2.85. The molecule has 0 spiro atoms. The Bertz CT molecular complexity index is 740. The Morgan fingerprint density at radius 3 is 2.25 bits per heavy atom. The Hall–Kier alpha value is -2.27. The van der Waals surface area contributed by atoms with Crippen LogP contribution in [0.2, 0.25) is 0 Å². The van der Waals surface area contributed by atoms with Crippen molar-refractivity contribution in [1.29, 1.82) is 0 Å². The van der Waals surface area contributed by atoms with Gasteiger partial charge >= 0.3 is 0 Å². The van der Waals surface area contributed by atoms with E-state index in [9.17, 15) is 9.59 Å². The van der Waals surface area contributed by atoms with Gasteiger partial charge in [-0.15, -0.1) is 11.8 Å². The molecule has 2 rings (SSSR count). The van der Waals surface area contributed by atoms with Gasteiger partial charge in [-0.1, -0.05) is 6.07 Å². The van der Waals surface area contributed by atoms with Gasteiger partial charge in [-0.2, -0.15) is 0 Å². The van der Waals surface area contributed by atoms with Crippen molar-refractivity contribution in [3.05, 3.63) is 59.2 Å². The molecule has 0 bridgehead atoms. The van der Waals surface area contributed by atoms with Gasteiger partial charge in [0.1, 0.15) is 0 Å². The van der Waals surface area contributed by atoms with E-state index in [1.54, 1.807) is 38.4 Å². The number of thioether (sulfide) groups is 1. The lowest BCUT2D eigenvalue weighted by atomic mass is 10.1. The Labute approximate surface area is 147 Å². The summed E-state index contributed by atoms with van der Waals surface area (Å²) in [5.41, 5.74) is 3.76. The van der Waals surface area contributed by atoms with Gasteiger partial charge in [-0.05, 0) is 61.4 Å². The number of aryl methyl sites for hydroxylation is 2. The topological polar surface area (TPSA) is 49.4 Å². The molecule has 0 saturated carbocycles. The number of hydrogen-bond acceptors (Lipinski definition) is 3. The average Bonchev–Trinajstić information content (AvgIpc) is 2.56. The van der Waals surface area contributed by atoms with Crippen LogP contribution in [0.15, 0.2) is 47.4 Å². The highest BCUT2D eigenvalue weighted by molar-refractivity contribution is 8.00. The first-order chi connectivity index (χ1) is 11.4. The molecule has 0 atom stereocenters. The lowest BCUT2D eigenvalue weighted by Crippen LogP contribution is -2.21. The molecule has 2 aromatic carbocycles. The van der Waals surface area contributed by atoms with Crippen LogP contribution in [0.25, 0.3) is 0 Å². The number of carbonyl (C=O) groups is 2. The number of nitrogens with zero attached hydrogens (tertiary/aromatic N) is 1. The van der Waals surface area contributed by atoms with Crippen LogP contribution in [0.4, 0.5) is 5.69 Å². The second-order valence-electron chi connectivity index (χ2n) is 5.86. The summed E-state index contributed by atoms with van der Waals surface area (Å²) in [5.74, 6) is 0.226. The Morgan fingerprint density at radius 1 is 1.00 bits per heavy atom. The number of hydrogen-bond donors (Lipinski definition) is 1. The average molecular weight is 342 g/mol. The first-order valence-corrected chi connectivity index (χ1v) is 8.67. The summed E-state index contributed by atoms with van der Waals surface area (Å²) in [6.45, 7) is 4.14. The fraction of sp³-hybridized carbons (Fsp3) is 0.263. The largest absolute Gasteiger partial charge is 0.345 e. The molecular weight excluding hydrogens is 320 g/mol. The molecular formula is C19H22N2O2S. The molecule has 2 aromatic rings. The third-order valence-electron chi connectivity index (χ3n) is 3.67. The predicted octanol–water partition coefficient (Wildman–Crippen LogP) is 3.74. The maximum atomic E-state index is 12.1. The number of anilines is 1. The van der Waals surface area contributed by atoms with Crippen molar-refractivity contribution in [3.8, 4) is 0 Å². The first kappa shape index (κ1) is 18.1. The summed E-state index contributed by atoms with van der Waals surface area (Å²) in [4.78, 5) is 26.5. The summed E-state index contributed by atoms with van der Waals surface area (Å²) in [6.07, 6.45) is 0. The predicted molar refractivity (Wildman–Crippen MR) is 99.7 cm³/mol. The van der Waals surface area contributed by atoms with Crippen molar-refractivity contribution >= 4 is 29.3 Å². The minimum Gasteiger partial charge on any atom is -0.345 e. The molecule has 0 unspecified atom stereocenters. The van der Waals surface area contributed by atoms with Gasteiger partial charge in [-0.3, -0.25) is 9.59 Å². The zero-order chi connectivity index (χ0) is 17.7. The van der Waals surface area contributed by atoms with Crippen LogP contribution in [-0.4, -0.2) is 36.6 Å². The molecule has 2 amide bonds. The number of benzene rings is 2. The molecule has 1 N–H and O–H groups in total. The first-order valence-electron chi connectivity index (χ1n) is 7.68. The summed E-state index contributed by atoms with van der Waals surface area (Å²) in [6, 6.07) is 13.1. The van der Waals surface area contributed by atoms with Crippen molar-refractivity contribution < 1.29 is 9.59 Å². The third-order valence-corrected chi connectivity index (χ3v) is 4.66. The van der Waals surface area contributed by atoms with Crippen LogP contribution in [0.3, 0.4) is 0 Å². The zero-order valence-corrected chi connectivity index (χ0v) is 15.2. The van der Waals surface area contributed by atoms with E-state index in [1.807, 2.05) is 6.07 Å². The molecule has 5 heteroatoms. The molecule has 0 saturated heterocycles. The summed E-state index contributed by atoms with van der Waals surface area (Å²) < 4.78 is 0. The van der Waals surface area contributed by atoms with Crippen LogP contribution in [0.5, 0.6) is 0 Å². The van der Waals surface area contributed by atoms with Crippen molar-refractivity contribution in [1.82, 2.24) is 4.90 Å². The smallest absolute Gasteiger partial charge is 0.253 e. The lowest BCUT2D eigenvalue weighted by molar-refractivity contribution is -0.113. The highest BCUT2D eigenvalue weighted by atomic mass is 32.2. The fourth-order valence-corrected chi connectivity index (χ4v) is 2.90. The van der Waals surface area contributed by atoms with E-state index in [2.05, 4.69) is 31.3 Å². The maximum absolute atomic E-state index is 12.1. The SMILES string of the molecule is Cc1ccc(SCC(=O)Nc2ccc(C(=O)N(C)C)cc2)cc1C. The van der Waals surface area contributed by atoms with E-state index < -0.39 is 0 Å². The van der Waals surface area contributed by atoms with Gasteiger partial charge in [0.15, 0.2) is 0 Å². The van der Waals surface area contributed by atoms with Crippen LogP contribution >= 0.6 is 11.8 Å². The van der Waals surface area contributed by atoms with Crippen LogP contribution in [0.1, 0.15) is 21.5 Å². The normalized spacial score (nSPS) is 10.3. The van der Waals surface area contributed by atoms with E-state index in [-0.39, 0.29) is 11.8 Å². The molecule has 0 aromatic heterocycles. The highest BCUT2D eigenvalue weighted by Gasteiger charge is 2.08. The minimum absolute atomic E-state index is 0.0572. The monoisotopic (exact) mass is 342 g/mol. The second-order valence-corrected chi connectivity index (χ2v) is 6.91. The molecule has 0 fully saturated rings. The van der Waals surface area contributed by atoms with E-state index in [1.165, 1.54) is 27.8 Å². The van der Waals surface area contributed by atoms with Gasteiger partial charge in [0.25, 0.3) is 5.91 Å². The quantitative estimate of drug-likeness (QED) is 0.842. The number of amides is 2. The number of carbonyl (C=O) groups excluding carboxylic acids is 2. The molecule has 0 radical (unpaired) electrons. The molecule has 0 heterocycles. The molecule has 0 aliphatic rings.